The highest BCUT2D eigenvalue weighted by molar-refractivity contribution is 7.09. The van der Waals surface area contributed by atoms with Crippen molar-refractivity contribution >= 4 is 23.6 Å². The first-order valence-corrected chi connectivity index (χ1v) is 4.97. The van der Waals surface area contributed by atoms with Gasteiger partial charge in [0.25, 0.3) is 0 Å². The van der Waals surface area contributed by atoms with Crippen molar-refractivity contribution in [2.24, 2.45) is 15.6 Å². The van der Waals surface area contributed by atoms with Crippen molar-refractivity contribution in [1.82, 2.24) is 4.98 Å². The average Bonchev–Trinajstić information content (AvgIpc) is 2.23. The summed E-state index contributed by atoms with van der Waals surface area (Å²) in [5.41, 5.74) is 0.734. The van der Waals surface area contributed by atoms with Gasteiger partial charge in [-0.2, -0.15) is 5.10 Å². The number of rotatable bonds is 0. The molecule has 0 fully saturated rings. The Bertz CT molecular complexity index is 468. The number of aryl methyl sites for hydroxylation is 1. The molecule has 1 aromatic heterocycles. The van der Waals surface area contributed by atoms with Crippen molar-refractivity contribution in [1.29, 1.82) is 0 Å². The van der Waals surface area contributed by atoms with Crippen LogP contribution in [0.2, 0.25) is 0 Å². The minimum Gasteiger partial charge on any atom is -0.220 e. The Morgan fingerprint density at radius 2 is 2.15 bits per heavy atom. The van der Waals surface area contributed by atoms with Crippen LogP contribution in [0.1, 0.15) is 18.9 Å². The fraction of sp³-hybridized carbons (Fsp3) is 0.444. The van der Waals surface area contributed by atoms with Crippen molar-refractivity contribution < 1.29 is 0 Å². The molecule has 0 bridgehead atoms. The molecule has 1 aliphatic heterocycles. The largest absolute Gasteiger partial charge is 0.220 e. The first-order valence-electron chi connectivity index (χ1n) is 4.15. The Labute approximate surface area is 80.5 Å². The van der Waals surface area contributed by atoms with Crippen LogP contribution in [0.3, 0.4) is 0 Å². The van der Waals surface area contributed by atoms with E-state index in [1.165, 1.54) is 0 Å². The lowest BCUT2D eigenvalue weighted by Crippen LogP contribution is -2.22. The molecule has 0 radical (unpaired) electrons. The first-order chi connectivity index (χ1) is 6.07. The van der Waals surface area contributed by atoms with Crippen LogP contribution in [0, 0.1) is 12.3 Å². The van der Waals surface area contributed by atoms with Gasteiger partial charge in [0.1, 0.15) is 0 Å². The van der Waals surface area contributed by atoms with Crippen molar-refractivity contribution in [3.63, 3.8) is 0 Å². The van der Waals surface area contributed by atoms with Crippen LogP contribution in [-0.4, -0.2) is 11.2 Å². The molecule has 0 saturated carbocycles. The SMILES string of the molecule is Cc1nc2c(s1)=CC(C)(C)C=NN=2. The molecule has 0 amide bonds. The summed E-state index contributed by atoms with van der Waals surface area (Å²) in [6.07, 6.45) is 4.00. The van der Waals surface area contributed by atoms with E-state index >= 15 is 0 Å². The Morgan fingerprint density at radius 3 is 2.92 bits per heavy atom. The van der Waals surface area contributed by atoms with Crippen LogP contribution in [0.15, 0.2) is 10.2 Å². The molecule has 2 heterocycles. The second-order valence-electron chi connectivity index (χ2n) is 3.73. The number of fused-ring (bicyclic) bond motifs is 1. The number of hydrogen-bond donors (Lipinski definition) is 0. The van der Waals surface area contributed by atoms with E-state index in [9.17, 15) is 0 Å². The van der Waals surface area contributed by atoms with Gasteiger partial charge in [-0.15, -0.1) is 16.4 Å². The van der Waals surface area contributed by atoms with Crippen molar-refractivity contribution in [3.8, 4) is 0 Å². The lowest BCUT2D eigenvalue weighted by atomic mass is 9.95. The summed E-state index contributed by atoms with van der Waals surface area (Å²) in [5.74, 6) is 0. The molecule has 2 rings (SSSR count). The van der Waals surface area contributed by atoms with E-state index in [-0.39, 0.29) is 5.41 Å². The highest BCUT2D eigenvalue weighted by atomic mass is 32.1. The van der Waals surface area contributed by atoms with Crippen LogP contribution in [0.5, 0.6) is 0 Å². The van der Waals surface area contributed by atoms with Crippen LogP contribution in [-0.2, 0) is 0 Å². The summed E-state index contributed by atoms with van der Waals surface area (Å²) < 4.78 is 1.13. The number of aromatic nitrogens is 1. The molecule has 0 spiro atoms. The summed E-state index contributed by atoms with van der Waals surface area (Å²) in [6.45, 7) is 6.20. The van der Waals surface area contributed by atoms with Crippen molar-refractivity contribution in [3.05, 3.63) is 15.0 Å². The molecule has 0 atom stereocenters. The number of nitrogens with zero attached hydrogens (tertiary/aromatic N) is 3. The summed E-state index contributed by atoms with van der Waals surface area (Å²) in [4.78, 5) is 4.28. The predicted molar refractivity (Wildman–Crippen MR) is 54.4 cm³/mol. The quantitative estimate of drug-likeness (QED) is 0.602. The maximum atomic E-state index is 4.28. The Kier molecular flexibility index (Phi) is 1.80. The van der Waals surface area contributed by atoms with Gasteiger partial charge in [-0.1, -0.05) is 19.9 Å². The third kappa shape index (κ3) is 1.67. The fourth-order valence-corrected chi connectivity index (χ4v) is 2.20. The molecule has 1 aromatic rings. The minimum absolute atomic E-state index is 0.0201. The predicted octanol–water partition coefficient (Wildman–Crippen LogP) is 0.877. The third-order valence-corrected chi connectivity index (χ3v) is 2.69. The van der Waals surface area contributed by atoms with Crippen molar-refractivity contribution in [2.45, 2.75) is 20.8 Å². The lowest BCUT2D eigenvalue weighted by molar-refractivity contribution is 0.740. The van der Waals surface area contributed by atoms with Gasteiger partial charge in [0.15, 0.2) is 5.49 Å². The van der Waals surface area contributed by atoms with Crippen LogP contribution in [0.25, 0.3) is 6.08 Å². The van der Waals surface area contributed by atoms with Gasteiger partial charge in [0.05, 0.1) is 9.54 Å². The summed E-state index contributed by atoms with van der Waals surface area (Å²) >= 11 is 1.67. The number of thiazole rings is 1. The highest BCUT2D eigenvalue weighted by Crippen LogP contribution is 2.14. The van der Waals surface area contributed by atoms with Crippen molar-refractivity contribution in [2.75, 3.05) is 0 Å². The normalized spacial score (nSPS) is 18.4. The van der Waals surface area contributed by atoms with Crippen LogP contribution >= 0.6 is 11.3 Å². The fourth-order valence-electron chi connectivity index (χ4n) is 1.20. The number of hydrogen-bond acceptors (Lipinski definition) is 4. The molecule has 4 heteroatoms. The second-order valence-corrected chi connectivity index (χ2v) is 4.97. The van der Waals surface area contributed by atoms with Crippen LogP contribution in [0.4, 0.5) is 0 Å². The van der Waals surface area contributed by atoms with E-state index in [4.69, 9.17) is 0 Å². The van der Waals surface area contributed by atoms with E-state index in [0.29, 0.717) is 0 Å². The topological polar surface area (TPSA) is 37.6 Å². The molecule has 0 aliphatic carbocycles. The Balaban J connectivity index is 2.76. The summed E-state index contributed by atoms with van der Waals surface area (Å²) in [7, 11) is 0. The van der Waals surface area contributed by atoms with Gasteiger partial charge < -0.3 is 0 Å². The Morgan fingerprint density at radius 1 is 1.38 bits per heavy atom. The zero-order valence-electron chi connectivity index (χ0n) is 7.90. The third-order valence-electron chi connectivity index (χ3n) is 1.79. The van der Waals surface area contributed by atoms with E-state index in [0.717, 1.165) is 15.0 Å². The zero-order valence-corrected chi connectivity index (χ0v) is 8.72. The van der Waals surface area contributed by atoms with E-state index in [2.05, 4.69) is 35.1 Å². The molecular weight excluding hydrogens is 182 g/mol. The molecule has 0 unspecified atom stereocenters. The maximum Gasteiger partial charge on any atom is 0.192 e. The molecule has 3 nitrogen and oxygen atoms in total. The van der Waals surface area contributed by atoms with Gasteiger partial charge in [-0.25, -0.2) is 4.98 Å². The first kappa shape index (κ1) is 8.56. The van der Waals surface area contributed by atoms with Gasteiger partial charge in [0.2, 0.25) is 0 Å². The summed E-state index contributed by atoms with van der Waals surface area (Å²) in [6, 6.07) is 0. The molecule has 0 aromatic carbocycles. The minimum atomic E-state index is -0.0201. The van der Waals surface area contributed by atoms with E-state index < -0.39 is 0 Å². The van der Waals surface area contributed by atoms with Gasteiger partial charge in [-0.3, -0.25) is 0 Å². The molecule has 0 N–H and O–H groups in total. The second kappa shape index (κ2) is 2.73. The smallest absolute Gasteiger partial charge is 0.192 e. The molecule has 1 aliphatic rings. The lowest BCUT2D eigenvalue weighted by Gasteiger charge is -2.09. The van der Waals surface area contributed by atoms with E-state index in [1.54, 1.807) is 11.3 Å². The zero-order chi connectivity index (χ0) is 9.47. The van der Waals surface area contributed by atoms with E-state index in [1.807, 2.05) is 13.1 Å². The monoisotopic (exact) mass is 193 g/mol. The van der Waals surface area contributed by atoms with Crippen LogP contribution < -0.4 is 10.0 Å². The van der Waals surface area contributed by atoms with Gasteiger partial charge >= 0.3 is 0 Å². The maximum absolute atomic E-state index is 4.28. The molecule has 0 saturated heterocycles. The average molecular weight is 193 g/mol. The highest BCUT2D eigenvalue weighted by Gasteiger charge is 2.13. The summed E-state index contributed by atoms with van der Waals surface area (Å²) in [5, 5.41) is 9.07. The van der Waals surface area contributed by atoms with Gasteiger partial charge in [-0.05, 0) is 6.92 Å². The molecule has 13 heavy (non-hydrogen) atoms. The Hall–Kier alpha value is -1.03. The standard InChI is InChI=1S/C9H11N3S/c1-6-11-8-7(13-6)4-9(2,3)5-10-12-8/h4-5H,1-3H3. The van der Waals surface area contributed by atoms with Gasteiger partial charge in [0, 0.05) is 11.6 Å². The molecular formula is C9H11N3S. The molecule has 68 valence electrons.